The molecule has 1 aromatic rings. The van der Waals surface area contributed by atoms with Gasteiger partial charge in [0.2, 0.25) is 0 Å². The third-order valence-electron chi connectivity index (χ3n) is 4.27. The normalized spacial score (nSPS) is 16.9. The number of amides is 1. The van der Waals surface area contributed by atoms with E-state index in [1.807, 2.05) is 20.8 Å². The van der Waals surface area contributed by atoms with Crippen LogP contribution in [-0.2, 0) is 17.7 Å². The van der Waals surface area contributed by atoms with E-state index < -0.39 is 5.60 Å². The Kier molecular flexibility index (Phi) is 6.84. The van der Waals surface area contributed by atoms with Crippen LogP contribution in [0.5, 0.6) is 0 Å². The zero-order valence-corrected chi connectivity index (χ0v) is 17.6. The third kappa shape index (κ3) is 7.97. The lowest BCUT2D eigenvalue weighted by Gasteiger charge is -2.29. The molecule has 0 aromatic heterocycles. The Labute approximate surface area is 163 Å². The van der Waals surface area contributed by atoms with Crippen LogP contribution in [-0.4, -0.2) is 35.7 Å². The van der Waals surface area contributed by atoms with Gasteiger partial charge in [-0.1, -0.05) is 50.3 Å². The van der Waals surface area contributed by atoms with Crippen LogP contribution < -0.4 is 5.43 Å². The maximum absolute atomic E-state index is 12.6. The first-order valence-corrected chi connectivity index (χ1v) is 9.70. The maximum atomic E-state index is 12.6. The highest BCUT2D eigenvalue weighted by molar-refractivity contribution is 5.68. The van der Waals surface area contributed by atoms with Crippen molar-refractivity contribution >= 4 is 6.09 Å². The first kappa shape index (κ1) is 21.2. The summed E-state index contributed by atoms with van der Waals surface area (Å²) in [6, 6.07) is 8.56. The average molecular weight is 375 g/mol. The number of carbonyl (C=O) groups excluding carboxylic acids is 1. The van der Waals surface area contributed by atoms with Gasteiger partial charge < -0.3 is 9.64 Å². The molecule has 0 bridgehead atoms. The summed E-state index contributed by atoms with van der Waals surface area (Å²) < 4.78 is 5.58. The summed E-state index contributed by atoms with van der Waals surface area (Å²) in [5, 5.41) is 7.75. The molecule has 27 heavy (non-hydrogen) atoms. The Morgan fingerprint density at radius 1 is 1.15 bits per heavy atom. The van der Waals surface area contributed by atoms with E-state index in [2.05, 4.69) is 60.8 Å². The minimum absolute atomic E-state index is 0.0311. The van der Waals surface area contributed by atoms with Crippen LogP contribution in [0.3, 0.4) is 0 Å². The standard InChI is InChI=1S/C21H34N4O2/c1-20(2,3)12-11-16-7-9-17(10-8-16)14-25(15-18-13-22-24-23-18)19(26)27-21(4,5)6/h7-10,18H,11-15H2,1-6H3,(H,22,23). The van der Waals surface area contributed by atoms with Gasteiger partial charge in [0.05, 0.1) is 12.6 Å². The van der Waals surface area contributed by atoms with Crippen LogP contribution in [0.25, 0.3) is 0 Å². The summed E-state index contributed by atoms with van der Waals surface area (Å²) in [7, 11) is 0. The highest BCUT2D eigenvalue weighted by Crippen LogP contribution is 2.22. The molecule has 1 aliphatic rings. The van der Waals surface area contributed by atoms with Crippen molar-refractivity contribution in [1.29, 1.82) is 0 Å². The number of hydrogen-bond acceptors (Lipinski definition) is 5. The van der Waals surface area contributed by atoms with E-state index in [-0.39, 0.29) is 12.1 Å². The number of hydrogen-bond donors (Lipinski definition) is 1. The molecule has 0 radical (unpaired) electrons. The Bertz CT molecular complexity index is 634. The highest BCUT2D eigenvalue weighted by atomic mass is 16.6. The molecule has 1 aliphatic heterocycles. The average Bonchev–Trinajstić information content (AvgIpc) is 3.04. The van der Waals surface area contributed by atoms with Gasteiger partial charge in [-0.2, -0.15) is 5.11 Å². The van der Waals surface area contributed by atoms with Crippen molar-refractivity contribution in [2.75, 3.05) is 13.1 Å². The van der Waals surface area contributed by atoms with E-state index in [1.54, 1.807) is 4.90 Å². The number of aryl methyl sites for hydroxylation is 1. The molecule has 1 unspecified atom stereocenters. The molecular formula is C21H34N4O2. The summed E-state index contributed by atoms with van der Waals surface area (Å²) in [6.07, 6.45) is 1.90. The Morgan fingerprint density at radius 2 is 1.78 bits per heavy atom. The lowest BCUT2D eigenvalue weighted by Crippen LogP contribution is -2.43. The number of carbonyl (C=O) groups is 1. The van der Waals surface area contributed by atoms with E-state index >= 15 is 0 Å². The van der Waals surface area contributed by atoms with Gasteiger partial charge in [0.1, 0.15) is 5.60 Å². The van der Waals surface area contributed by atoms with E-state index in [4.69, 9.17) is 4.74 Å². The molecular weight excluding hydrogens is 340 g/mol. The van der Waals surface area contributed by atoms with Crippen LogP contribution in [0.2, 0.25) is 0 Å². The molecule has 150 valence electrons. The second kappa shape index (κ2) is 8.72. The smallest absolute Gasteiger partial charge is 0.410 e. The Hall–Kier alpha value is -2.11. The van der Waals surface area contributed by atoms with Crippen LogP contribution in [0.15, 0.2) is 34.6 Å². The van der Waals surface area contributed by atoms with Crippen molar-refractivity contribution < 1.29 is 9.53 Å². The lowest BCUT2D eigenvalue weighted by molar-refractivity contribution is 0.0219. The summed E-state index contributed by atoms with van der Waals surface area (Å²) in [5.74, 6) is 0. The van der Waals surface area contributed by atoms with Gasteiger partial charge >= 0.3 is 6.09 Å². The van der Waals surface area contributed by atoms with Gasteiger partial charge in [-0.05, 0) is 50.2 Å². The van der Waals surface area contributed by atoms with Gasteiger partial charge in [0, 0.05) is 13.1 Å². The highest BCUT2D eigenvalue weighted by Gasteiger charge is 2.26. The fraction of sp³-hybridized carbons (Fsp3) is 0.667. The minimum Gasteiger partial charge on any atom is -0.444 e. The van der Waals surface area contributed by atoms with Crippen molar-refractivity contribution in [1.82, 2.24) is 10.3 Å². The number of nitrogens with zero attached hydrogens (tertiary/aromatic N) is 3. The Balaban J connectivity index is 2.01. The second-order valence-electron chi connectivity index (χ2n) is 9.49. The first-order valence-electron chi connectivity index (χ1n) is 9.70. The fourth-order valence-electron chi connectivity index (χ4n) is 2.75. The third-order valence-corrected chi connectivity index (χ3v) is 4.27. The first-order chi connectivity index (χ1) is 12.5. The van der Waals surface area contributed by atoms with Gasteiger partial charge in [0.15, 0.2) is 0 Å². The van der Waals surface area contributed by atoms with E-state index in [1.165, 1.54) is 5.56 Å². The summed E-state index contributed by atoms with van der Waals surface area (Å²) in [5.41, 5.74) is 5.16. The van der Waals surface area contributed by atoms with E-state index in [0.717, 1.165) is 18.4 Å². The van der Waals surface area contributed by atoms with Crippen molar-refractivity contribution in [2.45, 2.75) is 72.6 Å². The Morgan fingerprint density at radius 3 is 2.30 bits per heavy atom. The molecule has 1 heterocycles. The molecule has 0 spiro atoms. The minimum atomic E-state index is -0.524. The molecule has 6 heteroatoms. The lowest BCUT2D eigenvalue weighted by atomic mass is 9.88. The van der Waals surface area contributed by atoms with Crippen molar-refractivity contribution in [3.8, 4) is 0 Å². The van der Waals surface area contributed by atoms with E-state index in [9.17, 15) is 4.79 Å². The quantitative estimate of drug-likeness (QED) is 0.782. The molecule has 1 atom stereocenters. The molecule has 0 fully saturated rings. The molecule has 1 aromatic carbocycles. The largest absolute Gasteiger partial charge is 0.444 e. The van der Waals surface area contributed by atoms with E-state index in [0.29, 0.717) is 25.0 Å². The van der Waals surface area contributed by atoms with Crippen LogP contribution >= 0.6 is 0 Å². The van der Waals surface area contributed by atoms with Crippen molar-refractivity contribution in [3.63, 3.8) is 0 Å². The number of benzene rings is 1. The topological polar surface area (TPSA) is 66.3 Å². The zero-order valence-electron chi connectivity index (χ0n) is 17.6. The molecule has 1 N–H and O–H groups in total. The van der Waals surface area contributed by atoms with Gasteiger partial charge in [-0.3, -0.25) is 5.43 Å². The van der Waals surface area contributed by atoms with Gasteiger partial charge in [-0.15, -0.1) is 0 Å². The van der Waals surface area contributed by atoms with Crippen LogP contribution in [0, 0.1) is 5.41 Å². The maximum Gasteiger partial charge on any atom is 0.410 e. The predicted octanol–water partition coefficient (Wildman–Crippen LogP) is 4.74. The SMILES string of the molecule is CC(C)(C)CCc1ccc(CN(CC2CN=NN2)C(=O)OC(C)(C)C)cc1. The van der Waals surface area contributed by atoms with Gasteiger partial charge in [0.25, 0.3) is 0 Å². The summed E-state index contributed by atoms with van der Waals surface area (Å²) in [6.45, 7) is 14.0. The molecule has 0 aliphatic carbocycles. The predicted molar refractivity (Wildman–Crippen MR) is 108 cm³/mol. The van der Waals surface area contributed by atoms with Crippen LogP contribution in [0.1, 0.15) is 59.1 Å². The number of nitrogens with one attached hydrogen (secondary N) is 1. The number of ether oxygens (including phenoxy) is 1. The zero-order chi connectivity index (χ0) is 20.1. The van der Waals surface area contributed by atoms with Gasteiger partial charge in [-0.25, -0.2) is 4.79 Å². The molecule has 2 rings (SSSR count). The van der Waals surface area contributed by atoms with Crippen LogP contribution in [0.4, 0.5) is 4.79 Å². The van der Waals surface area contributed by atoms with Crippen molar-refractivity contribution in [2.24, 2.45) is 15.8 Å². The van der Waals surface area contributed by atoms with Crippen molar-refractivity contribution in [3.05, 3.63) is 35.4 Å². The molecule has 1 amide bonds. The molecule has 6 nitrogen and oxygen atoms in total. The number of rotatable bonds is 6. The second-order valence-corrected chi connectivity index (χ2v) is 9.49. The summed E-state index contributed by atoms with van der Waals surface area (Å²) in [4.78, 5) is 14.4. The molecule has 0 saturated heterocycles. The summed E-state index contributed by atoms with van der Waals surface area (Å²) >= 11 is 0. The molecule has 0 saturated carbocycles. The monoisotopic (exact) mass is 374 g/mol. The fourth-order valence-corrected chi connectivity index (χ4v) is 2.75.